The first-order valence-electron chi connectivity index (χ1n) is 5.23. The first kappa shape index (κ1) is 12.3. The fraction of sp³-hybridized carbons (Fsp3) is 0.273. The van der Waals surface area contributed by atoms with Crippen LogP contribution in [0.4, 0.5) is 0 Å². The van der Waals surface area contributed by atoms with Crippen molar-refractivity contribution in [2.24, 2.45) is 7.05 Å². The van der Waals surface area contributed by atoms with Crippen LogP contribution >= 0.6 is 11.3 Å². The first-order valence-corrected chi connectivity index (χ1v) is 7.59. The molecule has 6 heteroatoms. The van der Waals surface area contributed by atoms with Gasteiger partial charge in [0.1, 0.15) is 4.21 Å². The molecular weight excluding hydrogens is 256 g/mol. The second kappa shape index (κ2) is 5.03. The summed E-state index contributed by atoms with van der Waals surface area (Å²) >= 11 is 1.23. The number of hydrogen-bond donors (Lipinski definition) is 1. The molecule has 0 aliphatic rings. The number of rotatable bonds is 5. The zero-order valence-corrected chi connectivity index (χ0v) is 11.1. The van der Waals surface area contributed by atoms with Gasteiger partial charge in [0.2, 0.25) is 10.0 Å². The van der Waals surface area contributed by atoms with E-state index in [0.29, 0.717) is 17.2 Å². The van der Waals surface area contributed by atoms with Crippen LogP contribution in [0.2, 0.25) is 0 Å². The van der Waals surface area contributed by atoms with Crippen LogP contribution in [-0.2, 0) is 23.5 Å². The van der Waals surface area contributed by atoms with Crippen LogP contribution in [0, 0.1) is 0 Å². The van der Waals surface area contributed by atoms with E-state index in [0.717, 1.165) is 5.69 Å². The van der Waals surface area contributed by atoms with E-state index in [1.54, 1.807) is 17.5 Å². The third-order valence-corrected chi connectivity index (χ3v) is 5.34. The van der Waals surface area contributed by atoms with Crippen LogP contribution in [0.5, 0.6) is 0 Å². The van der Waals surface area contributed by atoms with E-state index in [-0.39, 0.29) is 0 Å². The fourth-order valence-corrected chi connectivity index (χ4v) is 3.63. The van der Waals surface area contributed by atoms with Gasteiger partial charge in [-0.25, -0.2) is 13.1 Å². The molecule has 2 aromatic heterocycles. The second-order valence-electron chi connectivity index (χ2n) is 3.69. The van der Waals surface area contributed by atoms with Gasteiger partial charge in [0, 0.05) is 31.9 Å². The number of aryl methyl sites for hydroxylation is 1. The van der Waals surface area contributed by atoms with E-state index in [1.165, 1.54) is 11.3 Å². The lowest BCUT2D eigenvalue weighted by atomic mass is 10.3. The van der Waals surface area contributed by atoms with Gasteiger partial charge in [-0.05, 0) is 23.6 Å². The van der Waals surface area contributed by atoms with Gasteiger partial charge in [0.25, 0.3) is 0 Å². The number of thiophene rings is 1. The van der Waals surface area contributed by atoms with Gasteiger partial charge >= 0.3 is 0 Å². The Bertz CT molecular complexity index is 570. The Morgan fingerprint density at radius 3 is 2.76 bits per heavy atom. The molecule has 0 amide bonds. The van der Waals surface area contributed by atoms with Crippen LogP contribution in [0.1, 0.15) is 5.69 Å². The molecule has 92 valence electrons. The molecule has 1 N–H and O–H groups in total. The first-order chi connectivity index (χ1) is 8.09. The predicted octanol–water partition coefficient (Wildman–Crippen LogP) is 1.61. The summed E-state index contributed by atoms with van der Waals surface area (Å²) in [6, 6.07) is 7.27. The maximum absolute atomic E-state index is 11.8. The maximum Gasteiger partial charge on any atom is 0.250 e. The van der Waals surface area contributed by atoms with Gasteiger partial charge in [0.05, 0.1) is 0 Å². The molecule has 0 aliphatic carbocycles. The molecule has 0 bridgehead atoms. The quantitative estimate of drug-likeness (QED) is 0.897. The minimum Gasteiger partial charge on any atom is -0.354 e. The van der Waals surface area contributed by atoms with Crippen molar-refractivity contribution in [1.82, 2.24) is 9.29 Å². The molecule has 17 heavy (non-hydrogen) atoms. The number of sulfonamides is 1. The maximum atomic E-state index is 11.8. The Labute approximate surface area is 105 Å². The van der Waals surface area contributed by atoms with Gasteiger partial charge in [-0.1, -0.05) is 6.07 Å². The topological polar surface area (TPSA) is 51.1 Å². The van der Waals surface area contributed by atoms with Gasteiger partial charge in [-0.15, -0.1) is 11.3 Å². The van der Waals surface area contributed by atoms with E-state index < -0.39 is 10.0 Å². The van der Waals surface area contributed by atoms with Crippen molar-refractivity contribution in [3.05, 3.63) is 41.5 Å². The molecular formula is C11H14N2O2S2. The zero-order valence-electron chi connectivity index (χ0n) is 9.46. The highest BCUT2D eigenvalue weighted by molar-refractivity contribution is 7.91. The summed E-state index contributed by atoms with van der Waals surface area (Å²) in [6.45, 7) is 0.415. The molecule has 0 saturated carbocycles. The molecule has 2 rings (SSSR count). The standard InChI is InChI=1S/C11H14N2O2S2/c1-13-8-2-4-10(13)6-7-12-17(14,15)11-5-3-9-16-11/h2-5,8-9,12H,6-7H2,1H3. The van der Waals surface area contributed by atoms with Crippen molar-refractivity contribution in [3.8, 4) is 0 Å². The summed E-state index contributed by atoms with van der Waals surface area (Å²) in [5, 5.41) is 1.76. The predicted molar refractivity (Wildman–Crippen MR) is 68.6 cm³/mol. The largest absolute Gasteiger partial charge is 0.354 e. The third-order valence-electron chi connectivity index (χ3n) is 2.48. The summed E-state index contributed by atoms with van der Waals surface area (Å²) in [5.41, 5.74) is 1.11. The zero-order chi connectivity index (χ0) is 12.3. The van der Waals surface area contributed by atoms with Gasteiger partial charge in [-0.2, -0.15) is 0 Å². The summed E-state index contributed by atoms with van der Waals surface area (Å²) < 4.78 is 28.5. The Kier molecular flexibility index (Phi) is 3.66. The second-order valence-corrected chi connectivity index (χ2v) is 6.63. The van der Waals surface area contributed by atoms with Crippen LogP contribution in [-0.4, -0.2) is 19.5 Å². The number of nitrogens with zero attached hydrogens (tertiary/aromatic N) is 1. The van der Waals surface area contributed by atoms with E-state index in [2.05, 4.69) is 4.72 Å². The summed E-state index contributed by atoms with van der Waals surface area (Å²) in [6.07, 6.45) is 2.64. The van der Waals surface area contributed by atoms with Crippen LogP contribution in [0.3, 0.4) is 0 Å². The van der Waals surface area contributed by atoms with E-state index in [9.17, 15) is 8.42 Å². The van der Waals surface area contributed by atoms with E-state index in [4.69, 9.17) is 0 Å². The van der Waals surface area contributed by atoms with Crippen LogP contribution < -0.4 is 4.72 Å². The van der Waals surface area contributed by atoms with Crippen LogP contribution in [0.25, 0.3) is 0 Å². The fourth-order valence-electron chi connectivity index (χ4n) is 1.56. The highest BCUT2D eigenvalue weighted by Crippen LogP contribution is 2.15. The van der Waals surface area contributed by atoms with Crippen LogP contribution in [0.15, 0.2) is 40.1 Å². The molecule has 0 aromatic carbocycles. The highest BCUT2D eigenvalue weighted by atomic mass is 32.2. The minimum atomic E-state index is -3.32. The summed E-state index contributed by atoms with van der Waals surface area (Å²) in [4.78, 5) is 0. The number of nitrogens with one attached hydrogen (secondary N) is 1. The SMILES string of the molecule is Cn1cccc1CCNS(=O)(=O)c1cccs1. The number of hydrogen-bond acceptors (Lipinski definition) is 3. The molecule has 0 atom stereocenters. The van der Waals surface area contributed by atoms with Crippen molar-refractivity contribution >= 4 is 21.4 Å². The Hall–Kier alpha value is -1.11. The summed E-state index contributed by atoms with van der Waals surface area (Å²) in [7, 11) is -1.38. The molecule has 2 aromatic rings. The molecule has 0 aliphatic heterocycles. The van der Waals surface area contributed by atoms with Gasteiger partial charge < -0.3 is 4.57 Å². The summed E-state index contributed by atoms with van der Waals surface area (Å²) in [5.74, 6) is 0. The lowest BCUT2D eigenvalue weighted by Gasteiger charge is -2.05. The molecule has 0 saturated heterocycles. The normalized spacial score (nSPS) is 11.8. The highest BCUT2D eigenvalue weighted by Gasteiger charge is 2.13. The molecule has 0 fully saturated rings. The van der Waals surface area contributed by atoms with Crippen molar-refractivity contribution in [2.45, 2.75) is 10.6 Å². The van der Waals surface area contributed by atoms with Crippen molar-refractivity contribution in [3.63, 3.8) is 0 Å². The smallest absolute Gasteiger partial charge is 0.250 e. The molecule has 0 unspecified atom stereocenters. The molecule has 2 heterocycles. The third kappa shape index (κ3) is 2.96. The minimum absolute atomic E-state index is 0.365. The van der Waals surface area contributed by atoms with Gasteiger partial charge in [0.15, 0.2) is 0 Å². The van der Waals surface area contributed by atoms with Gasteiger partial charge in [-0.3, -0.25) is 0 Å². The number of aromatic nitrogens is 1. The van der Waals surface area contributed by atoms with Crippen molar-refractivity contribution in [2.75, 3.05) is 6.54 Å². The lowest BCUT2D eigenvalue weighted by molar-refractivity contribution is 0.583. The van der Waals surface area contributed by atoms with Crippen molar-refractivity contribution < 1.29 is 8.42 Å². The molecule has 0 spiro atoms. The van der Waals surface area contributed by atoms with E-state index >= 15 is 0 Å². The Morgan fingerprint density at radius 2 is 2.18 bits per heavy atom. The average molecular weight is 270 g/mol. The van der Waals surface area contributed by atoms with Crippen molar-refractivity contribution in [1.29, 1.82) is 0 Å². The molecule has 4 nitrogen and oxygen atoms in total. The molecule has 0 radical (unpaired) electrons. The Morgan fingerprint density at radius 1 is 1.35 bits per heavy atom. The van der Waals surface area contributed by atoms with E-state index in [1.807, 2.05) is 29.9 Å². The Balaban J connectivity index is 1.93. The average Bonchev–Trinajstić information content (AvgIpc) is 2.90. The lowest BCUT2D eigenvalue weighted by Crippen LogP contribution is -2.25. The monoisotopic (exact) mass is 270 g/mol.